The maximum Gasteiger partial charge on any atom is 0.101 e. The van der Waals surface area contributed by atoms with Crippen molar-refractivity contribution in [2.45, 2.75) is 39.3 Å². The molecule has 2 atom stereocenters. The van der Waals surface area contributed by atoms with E-state index in [4.69, 9.17) is 21.6 Å². The van der Waals surface area contributed by atoms with Gasteiger partial charge in [0.25, 0.3) is 0 Å². The number of halogens is 1. The highest BCUT2D eigenvalue weighted by atomic mass is 35.5. The van der Waals surface area contributed by atoms with Gasteiger partial charge in [-0.1, -0.05) is 25.4 Å². The summed E-state index contributed by atoms with van der Waals surface area (Å²) in [6.45, 7) is 7.18. The zero-order chi connectivity index (χ0) is 14.0. The van der Waals surface area contributed by atoms with Crippen LogP contribution in [-0.2, 0) is 4.74 Å². The summed E-state index contributed by atoms with van der Waals surface area (Å²) >= 11 is 5.93. The molecule has 1 aromatic rings. The van der Waals surface area contributed by atoms with Gasteiger partial charge in [0.05, 0.1) is 16.7 Å². The van der Waals surface area contributed by atoms with Crippen molar-refractivity contribution < 1.29 is 4.74 Å². The van der Waals surface area contributed by atoms with Gasteiger partial charge in [-0.25, -0.2) is 0 Å². The molecule has 1 aromatic carbocycles. The number of ether oxygens (including phenoxy) is 1. The largest absolute Gasteiger partial charge is 0.382 e. The lowest BCUT2D eigenvalue weighted by molar-refractivity contribution is -0.0975. The van der Waals surface area contributed by atoms with Crippen LogP contribution in [0, 0.1) is 16.7 Å². The summed E-state index contributed by atoms with van der Waals surface area (Å²) in [5, 5.41) is 12.9. The maximum absolute atomic E-state index is 8.98. The predicted octanol–water partition coefficient (Wildman–Crippen LogP) is 3.83. The van der Waals surface area contributed by atoms with Crippen LogP contribution in [0.15, 0.2) is 18.2 Å². The van der Waals surface area contributed by atoms with E-state index in [0.29, 0.717) is 22.7 Å². The minimum atomic E-state index is 0.0997. The molecule has 0 aromatic heterocycles. The Morgan fingerprint density at radius 1 is 1.53 bits per heavy atom. The van der Waals surface area contributed by atoms with Gasteiger partial charge in [0.15, 0.2) is 0 Å². The summed E-state index contributed by atoms with van der Waals surface area (Å²) in [5.74, 6) is 0. The van der Waals surface area contributed by atoms with Crippen LogP contribution in [-0.4, -0.2) is 18.8 Å². The van der Waals surface area contributed by atoms with E-state index in [9.17, 15) is 0 Å². The first-order chi connectivity index (χ1) is 8.98. The summed E-state index contributed by atoms with van der Waals surface area (Å²) in [7, 11) is 0. The fourth-order valence-electron chi connectivity index (χ4n) is 2.52. The summed E-state index contributed by atoms with van der Waals surface area (Å²) in [5.41, 5.74) is 1.54. The lowest BCUT2D eigenvalue weighted by atomic mass is 9.64. The van der Waals surface area contributed by atoms with Crippen molar-refractivity contribution in [2.75, 3.05) is 11.9 Å². The number of nitrogens with zero attached hydrogens (tertiary/aromatic N) is 1. The quantitative estimate of drug-likeness (QED) is 0.910. The number of hydrogen-bond acceptors (Lipinski definition) is 3. The van der Waals surface area contributed by atoms with Crippen LogP contribution >= 0.6 is 11.6 Å². The highest BCUT2D eigenvalue weighted by molar-refractivity contribution is 6.31. The molecule has 0 aliphatic heterocycles. The third-order valence-electron chi connectivity index (χ3n) is 3.97. The molecule has 0 spiro atoms. The second-order valence-electron chi connectivity index (χ2n) is 5.50. The summed E-state index contributed by atoms with van der Waals surface area (Å²) in [6.07, 6.45) is 1.29. The predicted molar refractivity (Wildman–Crippen MR) is 77.4 cm³/mol. The van der Waals surface area contributed by atoms with Crippen LogP contribution in [0.4, 0.5) is 5.69 Å². The monoisotopic (exact) mass is 278 g/mol. The van der Waals surface area contributed by atoms with Crippen LogP contribution < -0.4 is 5.32 Å². The van der Waals surface area contributed by atoms with Crippen LogP contribution in [0.3, 0.4) is 0 Å². The third-order valence-corrected chi connectivity index (χ3v) is 4.30. The van der Waals surface area contributed by atoms with Gasteiger partial charge in [-0.2, -0.15) is 5.26 Å². The Labute approximate surface area is 119 Å². The van der Waals surface area contributed by atoms with E-state index in [1.165, 1.54) is 0 Å². The van der Waals surface area contributed by atoms with E-state index >= 15 is 0 Å². The van der Waals surface area contributed by atoms with Gasteiger partial charge < -0.3 is 10.1 Å². The molecule has 2 rings (SSSR count). The molecule has 1 aliphatic carbocycles. The van der Waals surface area contributed by atoms with Crippen molar-refractivity contribution in [1.29, 1.82) is 5.26 Å². The Balaban J connectivity index is 2.06. The van der Waals surface area contributed by atoms with Crippen LogP contribution in [0.25, 0.3) is 0 Å². The van der Waals surface area contributed by atoms with Gasteiger partial charge in [-0.3, -0.25) is 0 Å². The fourth-order valence-corrected chi connectivity index (χ4v) is 2.68. The maximum atomic E-state index is 8.98. The molecule has 1 fully saturated rings. The second kappa shape index (κ2) is 5.40. The van der Waals surface area contributed by atoms with Gasteiger partial charge in [-0.15, -0.1) is 0 Å². The Kier molecular flexibility index (Phi) is 4.03. The summed E-state index contributed by atoms with van der Waals surface area (Å²) < 4.78 is 5.71. The Morgan fingerprint density at radius 2 is 2.26 bits per heavy atom. The van der Waals surface area contributed by atoms with E-state index in [1.807, 2.05) is 13.0 Å². The molecule has 0 bridgehead atoms. The standard InChI is InChI=1S/C15H19ClN2O/c1-4-19-14-8-13(15(14,2)3)18-11-5-6-12(16)10(7-11)9-17/h5-7,13-14,18H,4,8H2,1-3H3. The minimum absolute atomic E-state index is 0.0997. The van der Waals surface area contributed by atoms with E-state index in [0.717, 1.165) is 18.7 Å². The third kappa shape index (κ3) is 2.70. The molecular weight excluding hydrogens is 260 g/mol. The van der Waals surface area contributed by atoms with Crippen molar-refractivity contribution in [2.24, 2.45) is 5.41 Å². The van der Waals surface area contributed by atoms with Crippen molar-refractivity contribution in [1.82, 2.24) is 0 Å². The van der Waals surface area contributed by atoms with E-state index in [1.54, 1.807) is 12.1 Å². The molecule has 1 N–H and O–H groups in total. The molecule has 3 nitrogen and oxygen atoms in total. The first kappa shape index (κ1) is 14.2. The Morgan fingerprint density at radius 3 is 2.84 bits per heavy atom. The zero-order valence-electron chi connectivity index (χ0n) is 11.5. The smallest absolute Gasteiger partial charge is 0.101 e. The topological polar surface area (TPSA) is 45.0 Å². The molecule has 0 saturated heterocycles. The lowest BCUT2D eigenvalue weighted by Gasteiger charge is -2.52. The van der Waals surface area contributed by atoms with Crippen molar-refractivity contribution in [3.8, 4) is 6.07 Å². The number of benzene rings is 1. The highest BCUT2D eigenvalue weighted by Crippen LogP contribution is 2.44. The van der Waals surface area contributed by atoms with E-state index < -0.39 is 0 Å². The average molecular weight is 279 g/mol. The van der Waals surface area contributed by atoms with Crippen LogP contribution in [0.1, 0.15) is 32.8 Å². The molecule has 1 saturated carbocycles. The fraction of sp³-hybridized carbons (Fsp3) is 0.533. The molecule has 1 aliphatic rings. The molecule has 0 heterocycles. The van der Waals surface area contributed by atoms with Gasteiger partial charge >= 0.3 is 0 Å². The summed E-state index contributed by atoms with van der Waals surface area (Å²) in [6, 6.07) is 7.92. The SMILES string of the molecule is CCOC1CC(Nc2ccc(Cl)c(C#N)c2)C1(C)C. The first-order valence-corrected chi connectivity index (χ1v) is 6.94. The molecule has 4 heteroatoms. The van der Waals surface area contributed by atoms with Crippen molar-refractivity contribution in [3.63, 3.8) is 0 Å². The number of hydrogen-bond donors (Lipinski definition) is 1. The number of anilines is 1. The average Bonchev–Trinajstić information content (AvgIpc) is 2.39. The molecule has 2 unspecified atom stereocenters. The van der Waals surface area contributed by atoms with Crippen LogP contribution in [0.2, 0.25) is 5.02 Å². The van der Waals surface area contributed by atoms with E-state index in [-0.39, 0.29) is 5.41 Å². The van der Waals surface area contributed by atoms with Crippen molar-refractivity contribution in [3.05, 3.63) is 28.8 Å². The van der Waals surface area contributed by atoms with Crippen molar-refractivity contribution >= 4 is 17.3 Å². The molecular formula is C15H19ClN2O. The molecule has 102 valence electrons. The minimum Gasteiger partial charge on any atom is -0.382 e. The summed E-state index contributed by atoms with van der Waals surface area (Å²) in [4.78, 5) is 0. The number of rotatable bonds is 4. The highest BCUT2D eigenvalue weighted by Gasteiger charge is 2.48. The zero-order valence-corrected chi connectivity index (χ0v) is 12.3. The number of nitrogens with one attached hydrogen (secondary N) is 1. The van der Waals surface area contributed by atoms with Gasteiger partial charge in [0.1, 0.15) is 6.07 Å². The lowest BCUT2D eigenvalue weighted by Crippen LogP contribution is -2.58. The second-order valence-corrected chi connectivity index (χ2v) is 5.91. The molecule has 0 amide bonds. The van der Waals surface area contributed by atoms with Gasteiger partial charge in [-0.05, 0) is 31.5 Å². The normalized spacial score (nSPS) is 24.4. The Hall–Kier alpha value is -1.24. The number of nitriles is 1. The Bertz CT molecular complexity index is 507. The first-order valence-electron chi connectivity index (χ1n) is 6.56. The van der Waals surface area contributed by atoms with E-state index in [2.05, 4.69) is 25.2 Å². The van der Waals surface area contributed by atoms with Crippen LogP contribution in [0.5, 0.6) is 0 Å². The van der Waals surface area contributed by atoms with Gasteiger partial charge in [0.2, 0.25) is 0 Å². The van der Waals surface area contributed by atoms with Gasteiger partial charge in [0, 0.05) is 23.8 Å². The molecule has 0 radical (unpaired) electrons. The molecule has 19 heavy (non-hydrogen) atoms.